The lowest BCUT2D eigenvalue weighted by molar-refractivity contribution is -0.132. The van der Waals surface area contributed by atoms with Gasteiger partial charge in [-0.3, -0.25) is 4.79 Å². The molecule has 80 heavy (non-hydrogen) atoms. The number of rotatable bonds is 68. The minimum absolute atomic E-state index is 0.362. The molecule has 5 N–H and O–H groups in total. The maximum absolute atomic E-state index is 12.7. The molecule has 0 fully saturated rings. The third kappa shape index (κ3) is 61.1. The van der Waals surface area contributed by atoms with Crippen LogP contribution in [0, 0.1) is 0 Å². The van der Waals surface area contributed by atoms with Crippen molar-refractivity contribution in [2.75, 3.05) is 6.61 Å². The van der Waals surface area contributed by atoms with Crippen LogP contribution in [-0.2, 0) is 4.79 Å². The first-order chi connectivity index (χ1) is 39.5. The number of aliphatic hydroxyl groups is 4. The maximum atomic E-state index is 12.7. The average Bonchev–Trinajstić information content (AvgIpc) is 3.46. The van der Waals surface area contributed by atoms with Gasteiger partial charge in [-0.15, -0.1) is 0 Å². The Labute approximate surface area is 500 Å². The average molecular weight is 1130 g/mol. The van der Waals surface area contributed by atoms with E-state index in [9.17, 15) is 25.2 Å². The van der Waals surface area contributed by atoms with Gasteiger partial charge in [0.05, 0.1) is 18.8 Å². The smallest absolute Gasteiger partial charge is 0.249 e. The molecule has 0 aliphatic carbocycles. The summed E-state index contributed by atoms with van der Waals surface area (Å²) in [6.07, 6.45) is 88.6. The van der Waals surface area contributed by atoms with Crippen LogP contribution in [0.15, 0.2) is 36.5 Å². The Balaban J connectivity index is 3.57. The van der Waals surface area contributed by atoms with Crippen LogP contribution in [0.1, 0.15) is 399 Å². The molecule has 0 radical (unpaired) electrons. The van der Waals surface area contributed by atoms with Crippen LogP contribution in [0.3, 0.4) is 0 Å². The van der Waals surface area contributed by atoms with Gasteiger partial charge in [0.1, 0.15) is 12.2 Å². The van der Waals surface area contributed by atoms with Crippen molar-refractivity contribution >= 4 is 5.91 Å². The number of carbonyl (C=O) groups excluding carboxylic acids is 1. The Morgan fingerprint density at radius 3 is 0.787 bits per heavy atom. The van der Waals surface area contributed by atoms with Crippen LogP contribution < -0.4 is 5.32 Å². The molecule has 0 aromatic heterocycles. The molecule has 0 saturated carbocycles. The Hall–Kier alpha value is -1.47. The fourth-order valence-corrected chi connectivity index (χ4v) is 11.7. The molecule has 6 heteroatoms. The second kappa shape index (κ2) is 68.3. The van der Waals surface area contributed by atoms with Crippen molar-refractivity contribution in [2.45, 2.75) is 423 Å². The second-order valence-electron chi connectivity index (χ2n) is 25.3. The van der Waals surface area contributed by atoms with Crippen molar-refractivity contribution in [3.05, 3.63) is 36.5 Å². The molecule has 1 amide bonds. The Morgan fingerprint density at radius 1 is 0.300 bits per heavy atom. The van der Waals surface area contributed by atoms with Crippen molar-refractivity contribution in [2.24, 2.45) is 0 Å². The highest BCUT2D eigenvalue weighted by Crippen LogP contribution is 2.19. The lowest BCUT2D eigenvalue weighted by Crippen LogP contribution is -2.53. The molecular weight excluding hydrogens is 983 g/mol. The number of aliphatic hydroxyl groups excluding tert-OH is 4. The lowest BCUT2D eigenvalue weighted by Gasteiger charge is -2.27. The maximum Gasteiger partial charge on any atom is 0.249 e. The van der Waals surface area contributed by atoms with E-state index in [0.717, 1.165) is 38.5 Å². The van der Waals surface area contributed by atoms with Crippen LogP contribution in [0.2, 0.25) is 0 Å². The molecule has 4 unspecified atom stereocenters. The van der Waals surface area contributed by atoms with Crippen LogP contribution in [-0.4, -0.2) is 57.3 Å². The number of amides is 1. The number of carbonyl (C=O) groups is 1. The molecule has 6 nitrogen and oxygen atoms in total. The van der Waals surface area contributed by atoms with Gasteiger partial charge >= 0.3 is 0 Å². The highest BCUT2D eigenvalue weighted by Gasteiger charge is 2.28. The Bertz CT molecular complexity index is 1270. The first-order valence-electron chi connectivity index (χ1n) is 36.4. The molecule has 0 aliphatic rings. The van der Waals surface area contributed by atoms with E-state index in [1.165, 1.54) is 327 Å². The number of allylic oxidation sites excluding steroid dienone is 6. The summed E-state index contributed by atoms with van der Waals surface area (Å²) in [5.41, 5.74) is 0. The largest absolute Gasteiger partial charge is 0.394 e. The molecule has 0 rings (SSSR count). The fourth-order valence-electron chi connectivity index (χ4n) is 11.7. The zero-order valence-corrected chi connectivity index (χ0v) is 54.1. The predicted octanol–water partition coefficient (Wildman–Crippen LogP) is 22.7. The molecule has 474 valence electrons. The number of nitrogens with one attached hydrogen (secondary N) is 1. The summed E-state index contributed by atoms with van der Waals surface area (Å²) in [5, 5.41) is 44.2. The summed E-state index contributed by atoms with van der Waals surface area (Å²) in [7, 11) is 0. The topological polar surface area (TPSA) is 110 Å². The molecule has 4 atom stereocenters. The quantitative estimate of drug-likeness (QED) is 0.0308. The van der Waals surface area contributed by atoms with Crippen molar-refractivity contribution in [1.82, 2.24) is 5.32 Å². The third-order valence-electron chi connectivity index (χ3n) is 17.3. The van der Waals surface area contributed by atoms with Crippen molar-refractivity contribution in [3.63, 3.8) is 0 Å². The highest BCUT2D eigenvalue weighted by atomic mass is 16.3. The molecule has 0 aromatic rings. The molecule has 0 saturated heterocycles. The van der Waals surface area contributed by atoms with Gasteiger partial charge in [0.2, 0.25) is 5.91 Å². The molecule has 0 bridgehead atoms. The number of hydrogen-bond donors (Lipinski definition) is 5. The monoisotopic (exact) mass is 1130 g/mol. The summed E-state index contributed by atoms with van der Waals surface area (Å²) >= 11 is 0. The zero-order valence-electron chi connectivity index (χ0n) is 54.1. The Kier molecular flexibility index (Phi) is 67.1. The standard InChI is InChI=1S/C74H143NO5/c1-3-5-7-9-11-13-15-17-19-21-23-25-27-29-31-33-35-36-37-38-40-42-44-46-48-50-52-54-56-58-60-62-64-66-68-72(78)74(80)75-70(69-76)73(79)71(77)67-65-63-61-59-57-55-53-51-49-47-45-43-41-39-34-32-30-28-26-24-22-20-18-16-14-12-10-8-6-4-2/h33,35,51,53,59,61,70-73,76-79H,3-32,34,36-50,52,54-58,60,62-69H2,1-2H3,(H,75,80)/b35-33-,53-51+,61-59+. The first-order valence-corrected chi connectivity index (χ1v) is 36.4. The van der Waals surface area contributed by atoms with Crippen LogP contribution in [0.4, 0.5) is 0 Å². The summed E-state index contributed by atoms with van der Waals surface area (Å²) < 4.78 is 0. The minimum Gasteiger partial charge on any atom is -0.394 e. The van der Waals surface area contributed by atoms with Gasteiger partial charge in [0, 0.05) is 0 Å². The molecule has 0 aliphatic heterocycles. The summed E-state index contributed by atoms with van der Waals surface area (Å²) in [5.74, 6) is -0.591. The molecular formula is C74H143NO5. The normalized spacial score (nSPS) is 13.6. The van der Waals surface area contributed by atoms with Crippen LogP contribution in [0.5, 0.6) is 0 Å². The number of hydrogen-bond acceptors (Lipinski definition) is 5. The minimum atomic E-state index is -1.29. The van der Waals surface area contributed by atoms with Crippen LogP contribution in [0.25, 0.3) is 0 Å². The first kappa shape index (κ1) is 78.5. The van der Waals surface area contributed by atoms with E-state index < -0.39 is 36.9 Å². The van der Waals surface area contributed by atoms with Gasteiger partial charge in [0.15, 0.2) is 0 Å². The van der Waals surface area contributed by atoms with Crippen molar-refractivity contribution in [3.8, 4) is 0 Å². The second-order valence-corrected chi connectivity index (χ2v) is 25.3. The number of unbranched alkanes of at least 4 members (excludes halogenated alkanes) is 53. The lowest BCUT2D eigenvalue weighted by atomic mass is 10.00. The van der Waals surface area contributed by atoms with E-state index in [4.69, 9.17) is 0 Å². The van der Waals surface area contributed by atoms with Crippen LogP contribution >= 0.6 is 0 Å². The van der Waals surface area contributed by atoms with E-state index in [1.54, 1.807) is 0 Å². The van der Waals surface area contributed by atoms with Gasteiger partial charge in [-0.2, -0.15) is 0 Å². The van der Waals surface area contributed by atoms with Gasteiger partial charge < -0.3 is 25.7 Å². The third-order valence-corrected chi connectivity index (χ3v) is 17.3. The summed E-state index contributed by atoms with van der Waals surface area (Å²) in [6.45, 7) is 4.10. The summed E-state index contributed by atoms with van der Waals surface area (Å²) in [6, 6.07) is -1.01. The molecule has 0 aromatic carbocycles. The summed E-state index contributed by atoms with van der Waals surface area (Å²) in [4.78, 5) is 12.7. The molecule has 0 spiro atoms. The van der Waals surface area contributed by atoms with Gasteiger partial charge in [-0.05, 0) is 77.0 Å². The van der Waals surface area contributed by atoms with Gasteiger partial charge in [0.25, 0.3) is 0 Å². The van der Waals surface area contributed by atoms with E-state index in [-0.39, 0.29) is 0 Å². The predicted molar refractivity (Wildman–Crippen MR) is 353 cm³/mol. The fraction of sp³-hybridized carbons (Fsp3) is 0.905. The van der Waals surface area contributed by atoms with Gasteiger partial charge in [-0.25, -0.2) is 0 Å². The van der Waals surface area contributed by atoms with Crippen molar-refractivity contribution in [1.29, 1.82) is 0 Å². The molecule has 0 heterocycles. The van der Waals surface area contributed by atoms with Gasteiger partial charge in [-0.1, -0.05) is 359 Å². The van der Waals surface area contributed by atoms with E-state index >= 15 is 0 Å². The SMILES string of the molecule is CCCCCCCCCCCCCCCC/C=C\CCCCCCCCCCCCCCCCCCC(O)C(=O)NC(CO)C(O)C(O)CCC/C=C/CC/C=C/CCCCCCCCCCCCCCCCCCCCCCC. The highest BCUT2D eigenvalue weighted by molar-refractivity contribution is 5.80. The Morgan fingerprint density at radius 2 is 0.525 bits per heavy atom. The zero-order chi connectivity index (χ0) is 58.0. The van der Waals surface area contributed by atoms with E-state index in [0.29, 0.717) is 19.3 Å². The van der Waals surface area contributed by atoms with E-state index in [2.05, 4.69) is 55.6 Å². The van der Waals surface area contributed by atoms with Crippen molar-refractivity contribution < 1.29 is 25.2 Å². The van der Waals surface area contributed by atoms with E-state index in [1.807, 2.05) is 0 Å².